The first-order chi connectivity index (χ1) is 16.1. The minimum absolute atomic E-state index is 0.437. The number of rotatable bonds is 8. The van der Waals surface area contributed by atoms with E-state index in [2.05, 4.69) is 29.0 Å². The number of hydrogen-bond acceptors (Lipinski definition) is 7. The molecule has 2 aliphatic rings. The van der Waals surface area contributed by atoms with Gasteiger partial charge >= 0.3 is 0 Å². The number of benzene rings is 1. The average molecular weight is 444 g/mol. The lowest BCUT2D eigenvalue weighted by Gasteiger charge is -2.38. The van der Waals surface area contributed by atoms with Gasteiger partial charge in [-0.3, -0.25) is 0 Å². The first kappa shape index (κ1) is 22.4. The third-order valence-electron chi connectivity index (χ3n) is 6.02. The van der Waals surface area contributed by atoms with Crippen LogP contribution in [0.15, 0.2) is 60.9 Å². The molecule has 0 unspecified atom stereocenters. The Bertz CT molecular complexity index is 1170. The molecule has 1 saturated carbocycles. The molecule has 0 atom stereocenters. The van der Waals surface area contributed by atoms with Crippen molar-refractivity contribution in [3.8, 4) is 17.6 Å². The summed E-state index contributed by atoms with van der Waals surface area (Å²) >= 11 is 0. The average Bonchev–Trinajstić information content (AvgIpc) is 3.70. The Hall–Kier alpha value is -3.79. The summed E-state index contributed by atoms with van der Waals surface area (Å²) in [7, 11) is 3.27. The highest BCUT2D eigenvalue weighted by Gasteiger charge is 2.30. The van der Waals surface area contributed by atoms with E-state index in [0.717, 1.165) is 67.3 Å². The summed E-state index contributed by atoms with van der Waals surface area (Å²) < 4.78 is 11.0. The van der Waals surface area contributed by atoms with Crippen LogP contribution in [0.2, 0.25) is 0 Å². The third kappa shape index (κ3) is 4.56. The molecular formula is C26H29N5O2. The van der Waals surface area contributed by atoms with Crippen LogP contribution in [0.3, 0.4) is 0 Å². The number of anilines is 1. The molecule has 0 bridgehead atoms. The highest BCUT2D eigenvalue weighted by atomic mass is 16.5. The van der Waals surface area contributed by atoms with Crippen LogP contribution in [0.1, 0.15) is 24.6 Å². The van der Waals surface area contributed by atoms with Crippen molar-refractivity contribution < 1.29 is 9.47 Å². The molecule has 2 heterocycles. The zero-order chi connectivity index (χ0) is 23.4. The maximum absolute atomic E-state index is 9.60. The third-order valence-corrected chi connectivity index (χ3v) is 6.02. The van der Waals surface area contributed by atoms with Crippen LogP contribution in [-0.2, 0) is 0 Å². The number of nitriles is 1. The summed E-state index contributed by atoms with van der Waals surface area (Å²) in [5.41, 5.74) is 2.32. The Morgan fingerprint density at radius 3 is 2.27 bits per heavy atom. The molecule has 33 heavy (non-hydrogen) atoms. The molecule has 0 spiro atoms. The van der Waals surface area contributed by atoms with Gasteiger partial charge in [0.15, 0.2) is 11.5 Å². The van der Waals surface area contributed by atoms with Gasteiger partial charge in [-0.15, -0.1) is 0 Å². The van der Waals surface area contributed by atoms with E-state index in [-0.39, 0.29) is 0 Å². The Morgan fingerprint density at radius 2 is 1.70 bits per heavy atom. The summed E-state index contributed by atoms with van der Waals surface area (Å²) in [5, 5.41) is 10.6. The summed E-state index contributed by atoms with van der Waals surface area (Å²) in [4.78, 5) is 14.4. The molecule has 0 amide bonds. The Kier molecular flexibility index (Phi) is 6.64. The van der Waals surface area contributed by atoms with E-state index in [1.54, 1.807) is 32.4 Å². The van der Waals surface area contributed by atoms with Crippen LogP contribution < -0.4 is 14.4 Å². The van der Waals surface area contributed by atoms with E-state index in [9.17, 15) is 5.26 Å². The fourth-order valence-electron chi connectivity index (χ4n) is 4.16. The molecule has 7 heteroatoms. The highest BCUT2D eigenvalue weighted by Crippen LogP contribution is 2.42. The van der Waals surface area contributed by atoms with Crippen LogP contribution in [-0.4, -0.2) is 55.3 Å². The Balaban J connectivity index is 1.67. The second kappa shape index (κ2) is 9.78. The van der Waals surface area contributed by atoms with Gasteiger partial charge in [0.05, 0.1) is 31.0 Å². The molecule has 0 radical (unpaired) electrons. The van der Waals surface area contributed by atoms with Crippen molar-refractivity contribution in [2.45, 2.75) is 18.8 Å². The number of piperazine rings is 1. The first-order valence-electron chi connectivity index (χ1n) is 11.1. The molecule has 1 aliphatic heterocycles. The molecule has 1 aliphatic carbocycles. The lowest BCUT2D eigenvalue weighted by atomic mass is 10.1. The predicted octanol–water partition coefficient (Wildman–Crippen LogP) is 4.35. The predicted molar refractivity (Wildman–Crippen MR) is 131 cm³/mol. The maximum Gasteiger partial charge on any atom is 0.162 e. The number of hydrogen-bond donors (Lipinski definition) is 0. The summed E-state index contributed by atoms with van der Waals surface area (Å²) in [6, 6.07) is 6.18. The zero-order valence-electron chi connectivity index (χ0n) is 19.3. The van der Waals surface area contributed by atoms with Crippen LogP contribution in [0.5, 0.6) is 11.5 Å². The van der Waals surface area contributed by atoms with Gasteiger partial charge in [0.2, 0.25) is 0 Å². The lowest BCUT2D eigenvalue weighted by molar-refractivity contribution is 0.327. The summed E-state index contributed by atoms with van der Waals surface area (Å²) in [5.74, 6) is 3.60. The number of aromatic nitrogens is 2. The van der Waals surface area contributed by atoms with E-state index in [0.29, 0.717) is 23.0 Å². The van der Waals surface area contributed by atoms with E-state index in [1.165, 1.54) is 0 Å². The van der Waals surface area contributed by atoms with Gasteiger partial charge in [0.1, 0.15) is 17.7 Å². The standard InChI is InChI=1S/C26H29N5O2/c1-5-7-19(17-27)22(8-6-2)30-11-13-31(14-12-30)26-20-15-23(32-3)24(33-4)16-21(20)28-25(29-26)18-9-10-18/h5-8,15-16,18H,1-2,9-14H2,3-4H3/b19-7-,22-8+. The minimum atomic E-state index is 0.437. The molecule has 0 N–H and O–H groups in total. The van der Waals surface area contributed by atoms with Gasteiger partial charge in [0, 0.05) is 43.5 Å². The fourth-order valence-corrected chi connectivity index (χ4v) is 4.16. The number of allylic oxidation sites excluding steroid dienone is 5. The zero-order valence-corrected chi connectivity index (χ0v) is 19.3. The molecule has 170 valence electrons. The van der Waals surface area contributed by atoms with E-state index in [1.807, 2.05) is 18.2 Å². The van der Waals surface area contributed by atoms with Gasteiger partial charge in [-0.25, -0.2) is 9.97 Å². The van der Waals surface area contributed by atoms with Gasteiger partial charge in [0.25, 0.3) is 0 Å². The van der Waals surface area contributed by atoms with Crippen LogP contribution in [0.25, 0.3) is 10.9 Å². The fraction of sp³-hybridized carbons (Fsp3) is 0.346. The number of ether oxygens (including phenoxy) is 2. The van der Waals surface area contributed by atoms with Gasteiger partial charge in [-0.1, -0.05) is 25.3 Å². The van der Waals surface area contributed by atoms with Gasteiger partial charge in [-0.05, 0) is 31.1 Å². The second-order valence-corrected chi connectivity index (χ2v) is 8.09. The van der Waals surface area contributed by atoms with Crippen molar-refractivity contribution in [3.63, 3.8) is 0 Å². The number of fused-ring (bicyclic) bond motifs is 1. The first-order valence-corrected chi connectivity index (χ1v) is 11.1. The van der Waals surface area contributed by atoms with Crippen molar-refractivity contribution in [2.75, 3.05) is 45.3 Å². The van der Waals surface area contributed by atoms with Crippen LogP contribution in [0.4, 0.5) is 5.82 Å². The lowest BCUT2D eigenvalue weighted by Crippen LogP contribution is -2.46. The van der Waals surface area contributed by atoms with Crippen molar-refractivity contribution in [1.82, 2.24) is 14.9 Å². The SMILES string of the molecule is C=C/C=C(C#N)\C(=C/C=C)N1CCN(c2nc(C3CC3)nc3cc(OC)c(OC)cc23)CC1. The van der Waals surface area contributed by atoms with Crippen molar-refractivity contribution in [1.29, 1.82) is 5.26 Å². The number of nitrogens with zero attached hydrogens (tertiary/aromatic N) is 5. The highest BCUT2D eigenvalue weighted by molar-refractivity contribution is 5.92. The molecule has 4 rings (SSSR count). The normalized spacial score (nSPS) is 17.0. The van der Waals surface area contributed by atoms with Crippen LogP contribution >= 0.6 is 0 Å². The quantitative estimate of drug-likeness (QED) is 0.443. The second-order valence-electron chi connectivity index (χ2n) is 8.09. The largest absolute Gasteiger partial charge is 0.493 e. The molecule has 2 fully saturated rings. The minimum Gasteiger partial charge on any atom is -0.493 e. The smallest absolute Gasteiger partial charge is 0.162 e. The van der Waals surface area contributed by atoms with Gasteiger partial charge in [-0.2, -0.15) is 5.26 Å². The van der Waals surface area contributed by atoms with E-state index in [4.69, 9.17) is 19.4 Å². The van der Waals surface area contributed by atoms with Crippen molar-refractivity contribution >= 4 is 16.7 Å². The van der Waals surface area contributed by atoms with Crippen molar-refractivity contribution in [3.05, 3.63) is 66.7 Å². The number of methoxy groups -OCH3 is 2. The molecule has 7 nitrogen and oxygen atoms in total. The molecule has 1 aromatic heterocycles. The molecular weight excluding hydrogens is 414 g/mol. The van der Waals surface area contributed by atoms with Crippen molar-refractivity contribution in [2.24, 2.45) is 0 Å². The van der Waals surface area contributed by atoms with Gasteiger partial charge < -0.3 is 19.3 Å². The molecule has 1 saturated heterocycles. The van der Waals surface area contributed by atoms with Crippen LogP contribution in [0, 0.1) is 11.3 Å². The summed E-state index contributed by atoms with van der Waals surface area (Å²) in [6.45, 7) is 10.6. The monoisotopic (exact) mass is 443 g/mol. The Labute approximate surface area is 194 Å². The topological polar surface area (TPSA) is 74.5 Å². The van der Waals surface area contributed by atoms with E-state index < -0.39 is 0 Å². The Morgan fingerprint density at radius 1 is 1.03 bits per heavy atom. The maximum atomic E-state index is 9.60. The molecule has 2 aromatic rings. The van der Waals surface area contributed by atoms with E-state index >= 15 is 0 Å². The molecule has 1 aromatic carbocycles. The summed E-state index contributed by atoms with van der Waals surface area (Å²) in [6.07, 6.45) is 9.25.